The van der Waals surface area contributed by atoms with Crippen LogP contribution in [0, 0.1) is 84.9 Å². The standard InChI is InChI=1S/2C21H18BrN.C21H18N.C13H11N2P.C7H6BrI.3C4H9.Sn/c2*1-13-4-8-20-17(10-13)18-11-14(2)5-9-21(18)23(20)16-6-7-19(22)15(3)12-16;1-14-5-4-6-17(11-14)22-20-9-7-15(2)12-18(20)19-13-16(3)8-10-21(19)22;1-8-2-4-12-10(6-8)11-7-9(16-14)3-5-13(11)15-12;1-5-4-6(9)2-3-7(5)8;3*1-3-4-2;/h2*4-12H,1-3H3;4,6-13H,1-3H3;2-7,14-15H,1H3;2-4H,1H3;3*1,3-4H2,2H3;. The van der Waals surface area contributed by atoms with Crippen molar-refractivity contribution < 1.29 is 0 Å². The number of H-pyrrole nitrogens is 1. The number of nitrogens with zero attached hydrogens (tertiary/aromatic N) is 3. The zero-order chi connectivity index (χ0) is 75.3. The molecule has 0 aliphatic heterocycles. The van der Waals surface area contributed by atoms with Crippen molar-refractivity contribution >= 4 is 193 Å². The van der Waals surface area contributed by atoms with Crippen molar-refractivity contribution in [2.75, 3.05) is 0 Å². The maximum Gasteiger partial charge on any atom is 0.0541 e. The van der Waals surface area contributed by atoms with Gasteiger partial charge < -0.3 is 14.1 Å². The van der Waals surface area contributed by atoms with Gasteiger partial charge in [0.15, 0.2) is 0 Å². The molecule has 0 radical (unpaired) electrons. The molecule has 0 unspecified atom stereocenters. The van der Waals surface area contributed by atoms with Gasteiger partial charge in [-0.05, 0) is 228 Å². The Balaban J connectivity index is 0.000000131. The van der Waals surface area contributed by atoms with E-state index in [9.17, 15) is 0 Å². The van der Waals surface area contributed by atoms with E-state index in [1.807, 2.05) is 9.65 Å². The summed E-state index contributed by atoms with van der Waals surface area (Å²) in [6.07, 6.45) is 8.22. The van der Waals surface area contributed by atoms with Crippen LogP contribution in [0.5, 0.6) is 0 Å². The number of aromatic amines is 1. The molecular formula is C95H98Br3IN5PSn. The molecule has 0 saturated carbocycles. The van der Waals surface area contributed by atoms with Crippen molar-refractivity contribution in [1.82, 2.24) is 18.7 Å². The molecule has 0 atom stereocenters. The monoisotopic (exact) mass is 1820 g/mol. The van der Waals surface area contributed by atoms with Crippen LogP contribution in [0.25, 0.3) is 104 Å². The zero-order valence-electron chi connectivity index (χ0n) is 63.9. The number of aromatic nitrogens is 4. The summed E-state index contributed by atoms with van der Waals surface area (Å²) in [4.78, 5) is 3.39. The topological polar surface area (TPSA) is 54.4 Å². The van der Waals surface area contributed by atoms with Crippen LogP contribution >= 0.6 is 78.8 Å². The smallest absolute Gasteiger partial charge is 0.0541 e. The van der Waals surface area contributed by atoms with Gasteiger partial charge >= 0.3 is 219 Å². The molecule has 4 aromatic heterocycles. The van der Waals surface area contributed by atoms with E-state index in [1.54, 1.807) is 5.56 Å². The molecule has 0 fully saturated rings. The van der Waals surface area contributed by atoms with Gasteiger partial charge in [0.2, 0.25) is 0 Å². The normalized spacial score (nSPS) is 11.6. The third-order valence-corrected chi connectivity index (χ3v) is 41.0. The minimum atomic E-state index is -2.46. The van der Waals surface area contributed by atoms with Crippen molar-refractivity contribution in [1.29, 1.82) is 5.16 Å². The second-order valence-electron chi connectivity index (χ2n) is 29.5. The number of benzene rings is 12. The molecule has 16 aromatic rings. The number of unbranched alkanes of at least 4 members (excludes halogenated alkanes) is 3. The molecule has 16 rings (SSSR count). The van der Waals surface area contributed by atoms with Gasteiger partial charge in [-0.3, -0.25) is 5.16 Å². The van der Waals surface area contributed by atoms with Crippen molar-refractivity contribution in [3.63, 3.8) is 0 Å². The van der Waals surface area contributed by atoms with Gasteiger partial charge in [0.05, 0.1) is 22.1 Å². The average molecular weight is 1830 g/mol. The molecule has 0 aliphatic rings. The summed E-state index contributed by atoms with van der Waals surface area (Å²) >= 11 is 10.5. The van der Waals surface area contributed by atoms with E-state index >= 15 is 0 Å². The summed E-state index contributed by atoms with van der Waals surface area (Å²) in [5.41, 5.74) is 28.2. The minimum Gasteiger partial charge on any atom is -0.355 e. The summed E-state index contributed by atoms with van der Waals surface area (Å²) in [7, 11) is 0.573. The number of hydrogen-bond donors (Lipinski definition) is 2. The first-order valence-corrected chi connectivity index (χ1v) is 49.3. The van der Waals surface area contributed by atoms with Crippen LogP contribution < -0.4 is 8.88 Å². The molecule has 0 aliphatic carbocycles. The summed E-state index contributed by atoms with van der Waals surface area (Å²) in [5.74, 6) is 0. The second kappa shape index (κ2) is 34.6. The van der Waals surface area contributed by atoms with E-state index in [4.69, 9.17) is 5.16 Å². The van der Waals surface area contributed by atoms with Gasteiger partial charge in [0.1, 0.15) is 0 Å². The molecule has 5 nitrogen and oxygen atoms in total. The number of fused-ring (bicyclic) bond motifs is 12. The Hall–Kier alpha value is -7.09. The quantitative estimate of drug-likeness (QED) is 0.0619. The van der Waals surface area contributed by atoms with Crippen LogP contribution in [0.4, 0.5) is 0 Å². The van der Waals surface area contributed by atoms with Crippen LogP contribution in [0.2, 0.25) is 13.3 Å². The summed E-state index contributed by atoms with van der Waals surface area (Å²) in [6.45, 7) is 31.0. The predicted molar refractivity (Wildman–Crippen MR) is 486 cm³/mol. The first-order chi connectivity index (χ1) is 51.0. The molecule has 540 valence electrons. The Morgan fingerprint density at radius 2 is 0.623 bits per heavy atom. The largest absolute Gasteiger partial charge is 0.355 e. The van der Waals surface area contributed by atoms with Crippen LogP contribution in [-0.4, -0.2) is 37.1 Å². The Kier molecular flexibility index (Phi) is 25.7. The maximum atomic E-state index is 7.38. The number of nitrogens with one attached hydrogen (secondary N) is 2. The average Bonchev–Trinajstić information content (AvgIpc) is 1.59. The minimum absolute atomic E-state index is 0.573. The van der Waals surface area contributed by atoms with E-state index in [1.165, 1.54) is 214 Å². The van der Waals surface area contributed by atoms with Crippen LogP contribution in [0.15, 0.2) is 232 Å². The molecule has 12 aromatic carbocycles. The zero-order valence-corrected chi connectivity index (χ0v) is 74.6. The first kappa shape index (κ1) is 78.5. The van der Waals surface area contributed by atoms with Crippen molar-refractivity contribution in [2.45, 2.75) is 149 Å². The van der Waals surface area contributed by atoms with Gasteiger partial charge in [-0.25, -0.2) is 0 Å². The van der Waals surface area contributed by atoms with E-state index in [-0.39, 0.29) is 0 Å². The van der Waals surface area contributed by atoms with E-state index in [2.05, 4.69) is 398 Å². The Morgan fingerprint density at radius 1 is 0.330 bits per heavy atom. The van der Waals surface area contributed by atoms with Gasteiger partial charge in [0, 0.05) is 85.4 Å². The van der Waals surface area contributed by atoms with Crippen LogP contribution in [-0.2, 0) is 0 Å². The first-order valence-electron chi connectivity index (χ1n) is 37.5. The number of halogens is 4. The molecule has 4 heterocycles. The van der Waals surface area contributed by atoms with Crippen LogP contribution in [0.1, 0.15) is 120 Å². The van der Waals surface area contributed by atoms with E-state index in [0.717, 1.165) is 19.8 Å². The fraction of sp³-hybridized carbons (Fsp3) is 0.242. The maximum absolute atomic E-state index is 7.38. The van der Waals surface area contributed by atoms with Gasteiger partial charge in [-0.2, -0.15) is 0 Å². The fourth-order valence-corrected chi connectivity index (χ4v) is 34.3. The summed E-state index contributed by atoms with van der Waals surface area (Å²) in [5, 5.41) is 18.9. The molecule has 0 saturated heterocycles. The Labute approximate surface area is 672 Å². The number of rotatable bonds is 14. The third kappa shape index (κ3) is 17.2. The van der Waals surface area contributed by atoms with E-state index < -0.39 is 18.4 Å². The summed E-state index contributed by atoms with van der Waals surface area (Å²) in [6, 6.07) is 80.2. The Bertz CT molecular complexity index is 5560. The predicted octanol–water partition coefficient (Wildman–Crippen LogP) is 30.0. The SMILES string of the molecule is CCC[CH2][Sn]([CH2]CCC)([CH2]CCC)[c]1ccc(-n2c3ccc(C)cc3c3cc(C)ccc32)cc1C.Cc1cc(I)ccc1Br.Cc1ccc2[nH]c3ccc(P=N)cc3c2c1.Cc1ccc2c(c1)c1cc(C)ccc1n2-c1ccc(Br)c(C)c1.Cc1ccc2c(c1)c1cc(C)ccc1n2-c1ccc(Br)c(C)c1. The van der Waals surface area contributed by atoms with Crippen molar-refractivity contribution in [3.8, 4) is 17.1 Å². The Morgan fingerprint density at radius 3 is 0.934 bits per heavy atom. The molecule has 106 heavy (non-hydrogen) atoms. The van der Waals surface area contributed by atoms with E-state index in [0.29, 0.717) is 8.37 Å². The molecule has 0 amide bonds. The van der Waals surface area contributed by atoms with Gasteiger partial charge in [-0.15, -0.1) is 0 Å². The molecule has 0 bridgehead atoms. The second-order valence-corrected chi connectivity index (χ2v) is 47.2. The molecule has 0 spiro atoms. The van der Waals surface area contributed by atoms with Crippen molar-refractivity contribution in [3.05, 3.63) is 297 Å². The third-order valence-electron chi connectivity index (χ3n) is 21.1. The summed E-state index contributed by atoms with van der Waals surface area (Å²) < 4.78 is 18.4. The van der Waals surface area contributed by atoms with Crippen molar-refractivity contribution in [2.24, 2.45) is 0 Å². The molecule has 2 N–H and O–H groups in total. The van der Waals surface area contributed by atoms with Gasteiger partial charge in [0.25, 0.3) is 0 Å². The van der Waals surface area contributed by atoms with Crippen LogP contribution in [0.3, 0.4) is 0 Å². The molecular weight excluding hydrogens is 1730 g/mol. The fourth-order valence-electron chi connectivity index (χ4n) is 15.5. The number of aryl methyl sites for hydroxylation is 11. The molecule has 11 heteroatoms. The number of hydrogen-bond acceptors (Lipinski definition) is 1. The van der Waals surface area contributed by atoms with Gasteiger partial charge in [-0.1, -0.05) is 106 Å².